The summed E-state index contributed by atoms with van der Waals surface area (Å²) >= 11 is 0. The quantitative estimate of drug-likeness (QED) is 0.866. The van der Waals surface area contributed by atoms with Gasteiger partial charge < -0.3 is 15.7 Å². The number of rotatable bonds is 3. The van der Waals surface area contributed by atoms with Gasteiger partial charge in [0.1, 0.15) is 0 Å². The molecule has 4 nitrogen and oxygen atoms in total. The summed E-state index contributed by atoms with van der Waals surface area (Å²) < 4.78 is 0. The van der Waals surface area contributed by atoms with E-state index < -0.39 is 6.10 Å². The highest BCUT2D eigenvalue weighted by atomic mass is 16.3. The minimum Gasteiger partial charge on any atom is -0.378 e. The highest BCUT2D eigenvalue weighted by Gasteiger charge is 2.32. The van der Waals surface area contributed by atoms with Gasteiger partial charge in [-0.15, -0.1) is 0 Å². The van der Waals surface area contributed by atoms with Crippen LogP contribution in [0.5, 0.6) is 0 Å². The summed E-state index contributed by atoms with van der Waals surface area (Å²) in [6, 6.07) is 9.04. The fourth-order valence-corrected chi connectivity index (χ4v) is 2.71. The summed E-state index contributed by atoms with van der Waals surface area (Å²) in [5.41, 5.74) is 6.60. The fraction of sp³-hybridized carbons (Fsp3) is 0.533. The number of hydrogen-bond donors (Lipinski definition) is 2. The molecule has 3 unspecified atom stereocenters. The molecule has 4 heteroatoms. The van der Waals surface area contributed by atoms with Gasteiger partial charge in [-0.05, 0) is 31.7 Å². The van der Waals surface area contributed by atoms with Crippen molar-refractivity contribution in [1.29, 1.82) is 0 Å². The molecule has 0 aliphatic carbocycles. The Morgan fingerprint density at radius 1 is 1.37 bits per heavy atom. The van der Waals surface area contributed by atoms with Gasteiger partial charge in [-0.3, -0.25) is 4.79 Å². The largest absolute Gasteiger partial charge is 0.378 e. The predicted octanol–water partition coefficient (Wildman–Crippen LogP) is 1.45. The molecule has 1 amide bonds. The molecule has 0 spiro atoms. The second-order valence-electron chi connectivity index (χ2n) is 5.27. The molecule has 0 radical (unpaired) electrons. The van der Waals surface area contributed by atoms with E-state index in [0.29, 0.717) is 12.1 Å². The number of nitrogens with zero attached hydrogens (tertiary/aromatic N) is 1. The standard InChI is InChI=1S/C15H22N2O2/c1-11(16)13-9-5-6-10-17(13)15(19)14(18)12-7-3-2-4-8-12/h2-4,7-8,11,13-14,18H,5-6,9-10,16H2,1H3. The van der Waals surface area contributed by atoms with Gasteiger partial charge in [0.05, 0.1) is 0 Å². The van der Waals surface area contributed by atoms with Crippen LogP contribution in [0.4, 0.5) is 0 Å². The Morgan fingerprint density at radius 2 is 2.05 bits per heavy atom. The molecule has 1 heterocycles. The second kappa shape index (κ2) is 6.17. The number of likely N-dealkylation sites (tertiary alicyclic amines) is 1. The van der Waals surface area contributed by atoms with E-state index in [0.717, 1.165) is 19.3 Å². The van der Waals surface area contributed by atoms with Crippen molar-refractivity contribution < 1.29 is 9.90 Å². The van der Waals surface area contributed by atoms with Crippen molar-refractivity contribution in [2.24, 2.45) is 5.73 Å². The molecule has 1 aliphatic rings. The monoisotopic (exact) mass is 262 g/mol. The van der Waals surface area contributed by atoms with E-state index in [1.807, 2.05) is 25.1 Å². The van der Waals surface area contributed by atoms with Crippen LogP contribution in [0.15, 0.2) is 30.3 Å². The minimum atomic E-state index is -1.08. The molecule has 3 atom stereocenters. The van der Waals surface area contributed by atoms with E-state index in [9.17, 15) is 9.90 Å². The van der Waals surface area contributed by atoms with E-state index in [2.05, 4.69) is 0 Å². The number of carbonyl (C=O) groups excluding carboxylic acids is 1. The summed E-state index contributed by atoms with van der Waals surface area (Å²) in [7, 11) is 0. The smallest absolute Gasteiger partial charge is 0.256 e. The predicted molar refractivity (Wildman–Crippen MR) is 74.4 cm³/mol. The lowest BCUT2D eigenvalue weighted by molar-refractivity contribution is -0.144. The van der Waals surface area contributed by atoms with Crippen LogP contribution in [-0.4, -0.2) is 34.5 Å². The summed E-state index contributed by atoms with van der Waals surface area (Å²) in [5, 5.41) is 10.2. The van der Waals surface area contributed by atoms with Crippen LogP contribution in [0.1, 0.15) is 37.9 Å². The molecule has 1 aliphatic heterocycles. The van der Waals surface area contributed by atoms with Gasteiger partial charge in [-0.25, -0.2) is 0 Å². The average Bonchev–Trinajstić information content (AvgIpc) is 2.46. The molecule has 3 N–H and O–H groups in total. The van der Waals surface area contributed by atoms with Gasteiger partial charge in [0, 0.05) is 18.6 Å². The van der Waals surface area contributed by atoms with Crippen LogP contribution in [-0.2, 0) is 4.79 Å². The van der Waals surface area contributed by atoms with E-state index in [-0.39, 0.29) is 18.0 Å². The number of amides is 1. The van der Waals surface area contributed by atoms with Crippen LogP contribution in [0.2, 0.25) is 0 Å². The third-order valence-corrected chi connectivity index (χ3v) is 3.79. The zero-order chi connectivity index (χ0) is 13.8. The minimum absolute atomic E-state index is 0.0413. The van der Waals surface area contributed by atoms with Crippen molar-refractivity contribution in [3.63, 3.8) is 0 Å². The molecule has 19 heavy (non-hydrogen) atoms. The summed E-state index contributed by atoms with van der Waals surface area (Å²) in [5.74, 6) is -0.229. The fourth-order valence-electron chi connectivity index (χ4n) is 2.71. The normalized spacial score (nSPS) is 22.9. The first-order valence-corrected chi connectivity index (χ1v) is 6.90. The third kappa shape index (κ3) is 3.14. The molecular weight excluding hydrogens is 240 g/mol. The summed E-state index contributed by atoms with van der Waals surface area (Å²) in [6.45, 7) is 2.61. The Bertz CT molecular complexity index is 419. The van der Waals surface area contributed by atoms with Gasteiger partial charge >= 0.3 is 0 Å². The molecule has 0 aromatic heterocycles. The van der Waals surface area contributed by atoms with E-state index in [1.54, 1.807) is 17.0 Å². The van der Waals surface area contributed by atoms with Crippen LogP contribution < -0.4 is 5.73 Å². The number of carbonyl (C=O) groups is 1. The SMILES string of the molecule is CC(N)C1CCCCN1C(=O)C(O)c1ccccc1. The maximum atomic E-state index is 12.4. The number of aliphatic hydroxyl groups excluding tert-OH is 1. The summed E-state index contributed by atoms with van der Waals surface area (Å²) in [6.07, 6.45) is 1.92. The first-order chi connectivity index (χ1) is 9.11. The Hall–Kier alpha value is -1.39. The van der Waals surface area contributed by atoms with Crippen LogP contribution in [0.25, 0.3) is 0 Å². The van der Waals surface area contributed by atoms with E-state index in [1.165, 1.54) is 0 Å². The van der Waals surface area contributed by atoms with Crippen LogP contribution in [0, 0.1) is 0 Å². The average molecular weight is 262 g/mol. The zero-order valence-corrected chi connectivity index (χ0v) is 11.3. The van der Waals surface area contributed by atoms with Crippen LogP contribution >= 0.6 is 0 Å². The number of piperidine rings is 1. The lowest BCUT2D eigenvalue weighted by atomic mass is 9.95. The number of aliphatic hydroxyl groups is 1. The third-order valence-electron chi connectivity index (χ3n) is 3.79. The molecule has 2 rings (SSSR count). The van der Waals surface area contributed by atoms with Gasteiger partial charge in [-0.1, -0.05) is 30.3 Å². The lowest BCUT2D eigenvalue weighted by Gasteiger charge is -2.39. The molecule has 1 fully saturated rings. The highest BCUT2D eigenvalue weighted by molar-refractivity contribution is 5.82. The Kier molecular flexibility index (Phi) is 4.56. The maximum Gasteiger partial charge on any atom is 0.256 e. The first kappa shape index (κ1) is 14.0. The van der Waals surface area contributed by atoms with Crippen molar-refractivity contribution in [1.82, 2.24) is 4.90 Å². The zero-order valence-electron chi connectivity index (χ0n) is 11.3. The highest BCUT2D eigenvalue weighted by Crippen LogP contribution is 2.24. The topological polar surface area (TPSA) is 66.6 Å². The van der Waals surface area contributed by atoms with Gasteiger partial charge in [-0.2, -0.15) is 0 Å². The number of nitrogens with two attached hydrogens (primary N) is 1. The molecule has 104 valence electrons. The van der Waals surface area contributed by atoms with Crippen molar-refractivity contribution in [3.05, 3.63) is 35.9 Å². The molecule has 1 aromatic carbocycles. The molecule has 0 bridgehead atoms. The Morgan fingerprint density at radius 3 is 2.68 bits per heavy atom. The number of hydrogen-bond acceptors (Lipinski definition) is 3. The van der Waals surface area contributed by atoms with Crippen molar-refractivity contribution in [2.45, 2.75) is 44.4 Å². The van der Waals surface area contributed by atoms with E-state index in [4.69, 9.17) is 5.73 Å². The maximum absolute atomic E-state index is 12.4. The molecule has 0 saturated carbocycles. The van der Waals surface area contributed by atoms with Crippen LogP contribution in [0.3, 0.4) is 0 Å². The summed E-state index contributed by atoms with van der Waals surface area (Å²) in [4.78, 5) is 14.2. The Balaban J connectivity index is 2.13. The van der Waals surface area contributed by atoms with E-state index >= 15 is 0 Å². The lowest BCUT2D eigenvalue weighted by Crippen LogP contribution is -2.53. The van der Waals surface area contributed by atoms with Crippen molar-refractivity contribution in [2.75, 3.05) is 6.54 Å². The van der Waals surface area contributed by atoms with Gasteiger partial charge in [0.2, 0.25) is 0 Å². The molecular formula is C15H22N2O2. The molecule has 1 aromatic rings. The van der Waals surface area contributed by atoms with Gasteiger partial charge in [0.15, 0.2) is 6.10 Å². The Labute approximate surface area is 114 Å². The molecule has 1 saturated heterocycles. The first-order valence-electron chi connectivity index (χ1n) is 6.90. The number of benzene rings is 1. The van der Waals surface area contributed by atoms with Gasteiger partial charge in [0.25, 0.3) is 5.91 Å². The van der Waals surface area contributed by atoms with Crippen molar-refractivity contribution >= 4 is 5.91 Å². The van der Waals surface area contributed by atoms with Crippen molar-refractivity contribution in [3.8, 4) is 0 Å². The second-order valence-corrected chi connectivity index (χ2v) is 5.27.